The molecular formula is C27H27N3O6S. The number of fused-ring (bicyclic) bond motifs is 1. The van der Waals surface area contributed by atoms with E-state index in [1.165, 1.54) is 26.0 Å². The number of nitrogens with one attached hydrogen (secondary N) is 1. The fourth-order valence-electron chi connectivity index (χ4n) is 3.69. The molecular weight excluding hydrogens is 494 g/mol. The molecule has 1 aromatic heterocycles. The van der Waals surface area contributed by atoms with E-state index in [0.29, 0.717) is 39.0 Å². The summed E-state index contributed by atoms with van der Waals surface area (Å²) in [5.74, 6) is 2.14. The average Bonchev–Trinajstić information content (AvgIpc) is 2.93. The lowest BCUT2D eigenvalue weighted by molar-refractivity contribution is -0.113. The monoisotopic (exact) mass is 521 g/mol. The Bertz CT molecular complexity index is 1450. The zero-order valence-corrected chi connectivity index (χ0v) is 21.8. The Kier molecular flexibility index (Phi) is 8.19. The molecule has 3 aromatic carbocycles. The third-order valence-corrected chi connectivity index (χ3v) is 6.61. The molecule has 0 unspecified atom stereocenters. The fourth-order valence-corrected chi connectivity index (χ4v) is 4.49. The molecule has 0 fully saturated rings. The number of hydrogen-bond donors (Lipinski definition) is 1. The van der Waals surface area contributed by atoms with E-state index in [9.17, 15) is 9.59 Å². The number of amides is 1. The van der Waals surface area contributed by atoms with Crippen molar-refractivity contribution < 1.29 is 23.7 Å². The van der Waals surface area contributed by atoms with Crippen molar-refractivity contribution >= 4 is 34.3 Å². The van der Waals surface area contributed by atoms with E-state index in [1.54, 1.807) is 55.2 Å². The zero-order chi connectivity index (χ0) is 26.4. The van der Waals surface area contributed by atoms with Crippen LogP contribution in [0.4, 0.5) is 5.69 Å². The quantitative estimate of drug-likeness (QED) is 0.245. The van der Waals surface area contributed by atoms with E-state index >= 15 is 0 Å². The van der Waals surface area contributed by atoms with Crippen LogP contribution in [0.5, 0.6) is 23.0 Å². The van der Waals surface area contributed by atoms with Crippen LogP contribution < -0.4 is 29.8 Å². The number of carbonyl (C=O) groups excluding carboxylic acids is 1. The Hall–Kier alpha value is -4.18. The maximum absolute atomic E-state index is 13.6. The normalized spacial score (nSPS) is 10.7. The molecule has 10 heteroatoms. The number of thioether (sulfide) groups is 1. The number of methoxy groups -OCH3 is 4. The minimum absolute atomic E-state index is 0.0554. The molecule has 9 nitrogen and oxygen atoms in total. The van der Waals surface area contributed by atoms with E-state index in [0.717, 1.165) is 11.3 Å². The summed E-state index contributed by atoms with van der Waals surface area (Å²) in [6.07, 6.45) is 0. The lowest BCUT2D eigenvalue weighted by Gasteiger charge is -2.15. The van der Waals surface area contributed by atoms with Crippen molar-refractivity contribution in [3.63, 3.8) is 0 Å². The summed E-state index contributed by atoms with van der Waals surface area (Å²) in [6, 6.07) is 17.8. The first kappa shape index (κ1) is 25.9. The summed E-state index contributed by atoms with van der Waals surface area (Å²) in [5.41, 5.74) is 1.73. The number of anilines is 1. The highest BCUT2D eigenvalue weighted by Crippen LogP contribution is 2.31. The van der Waals surface area contributed by atoms with Crippen molar-refractivity contribution in [2.45, 2.75) is 11.7 Å². The maximum atomic E-state index is 13.6. The molecule has 1 amide bonds. The molecule has 192 valence electrons. The standard InChI is InChI=1S/C27H27N3O6S/c1-33-19-9-5-17(6-10-19)15-30-26(32)21-13-23(35-3)24(36-4)14-22(21)29-27(30)37-16-25(31)28-18-7-11-20(34-2)12-8-18/h5-14H,15-16H2,1-4H3,(H,28,31). The number of ether oxygens (including phenoxy) is 4. The molecule has 1 heterocycles. The SMILES string of the molecule is COc1ccc(Cn2c(SCC(=O)Nc3ccc(OC)cc3)nc3cc(OC)c(OC)cc3c2=O)cc1. The first-order chi connectivity index (χ1) is 17.9. The lowest BCUT2D eigenvalue weighted by Crippen LogP contribution is -2.25. The molecule has 4 rings (SSSR count). The minimum Gasteiger partial charge on any atom is -0.497 e. The molecule has 0 saturated carbocycles. The van der Waals surface area contributed by atoms with Gasteiger partial charge in [-0.2, -0.15) is 0 Å². The van der Waals surface area contributed by atoms with Crippen LogP contribution in [-0.2, 0) is 11.3 Å². The van der Waals surface area contributed by atoms with Gasteiger partial charge < -0.3 is 24.3 Å². The number of nitrogens with zero attached hydrogens (tertiary/aromatic N) is 2. The van der Waals surface area contributed by atoms with Crippen LogP contribution in [0.15, 0.2) is 70.6 Å². The van der Waals surface area contributed by atoms with Gasteiger partial charge in [0.25, 0.3) is 5.56 Å². The van der Waals surface area contributed by atoms with Crippen LogP contribution in [0.25, 0.3) is 10.9 Å². The van der Waals surface area contributed by atoms with Crippen LogP contribution in [0.1, 0.15) is 5.56 Å². The number of rotatable bonds is 10. The third-order valence-electron chi connectivity index (χ3n) is 5.63. The van der Waals surface area contributed by atoms with E-state index in [-0.39, 0.29) is 23.8 Å². The van der Waals surface area contributed by atoms with E-state index in [2.05, 4.69) is 5.32 Å². The van der Waals surface area contributed by atoms with Crippen LogP contribution in [0.2, 0.25) is 0 Å². The van der Waals surface area contributed by atoms with Gasteiger partial charge in [-0.3, -0.25) is 14.2 Å². The average molecular weight is 522 g/mol. The highest BCUT2D eigenvalue weighted by Gasteiger charge is 2.17. The van der Waals surface area contributed by atoms with Gasteiger partial charge in [-0.15, -0.1) is 0 Å². The van der Waals surface area contributed by atoms with E-state index in [4.69, 9.17) is 23.9 Å². The summed E-state index contributed by atoms with van der Waals surface area (Å²) < 4.78 is 22.7. The molecule has 0 aliphatic carbocycles. The fraction of sp³-hybridized carbons (Fsp3) is 0.222. The smallest absolute Gasteiger partial charge is 0.262 e. The van der Waals surface area contributed by atoms with Gasteiger partial charge in [-0.1, -0.05) is 23.9 Å². The summed E-state index contributed by atoms with van der Waals surface area (Å²) in [4.78, 5) is 31.0. The van der Waals surface area contributed by atoms with Crippen molar-refractivity contribution in [2.75, 3.05) is 39.5 Å². The van der Waals surface area contributed by atoms with E-state index < -0.39 is 0 Å². The van der Waals surface area contributed by atoms with E-state index in [1.807, 2.05) is 24.3 Å². The first-order valence-corrected chi connectivity index (χ1v) is 12.3. The number of hydrogen-bond acceptors (Lipinski definition) is 8. The van der Waals surface area contributed by atoms with Crippen LogP contribution in [0.3, 0.4) is 0 Å². The van der Waals surface area contributed by atoms with Crippen molar-refractivity contribution in [3.8, 4) is 23.0 Å². The van der Waals surface area contributed by atoms with Crippen molar-refractivity contribution in [2.24, 2.45) is 0 Å². The largest absolute Gasteiger partial charge is 0.497 e. The van der Waals surface area contributed by atoms with Gasteiger partial charge in [-0.05, 0) is 48.0 Å². The molecule has 0 atom stereocenters. The van der Waals surface area contributed by atoms with Gasteiger partial charge in [-0.25, -0.2) is 4.98 Å². The molecule has 0 spiro atoms. The van der Waals surface area contributed by atoms with Gasteiger partial charge in [0.05, 0.1) is 51.6 Å². The number of carbonyl (C=O) groups is 1. The van der Waals surface area contributed by atoms with Gasteiger partial charge >= 0.3 is 0 Å². The van der Waals surface area contributed by atoms with Gasteiger partial charge in [0.2, 0.25) is 5.91 Å². The van der Waals surface area contributed by atoms with Gasteiger partial charge in [0.1, 0.15) is 11.5 Å². The van der Waals surface area contributed by atoms with Gasteiger partial charge in [0, 0.05) is 11.8 Å². The topological polar surface area (TPSA) is 101 Å². The van der Waals surface area contributed by atoms with Gasteiger partial charge in [0.15, 0.2) is 16.7 Å². The summed E-state index contributed by atoms with van der Waals surface area (Å²) >= 11 is 1.18. The Morgan fingerprint density at radius 1 is 0.865 bits per heavy atom. The second kappa shape index (κ2) is 11.7. The summed E-state index contributed by atoms with van der Waals surface area (Å²) in [6.45, 7) is 0.266. The van der Waals surface area contributed by atoms with Crippen molar-refractivity contribution in [3.05, 3.63) is 76.6 Å². The number of benzene rings is 3. The molecule has 0 radical (unpaired) electrons. The zero-order valence-electron chi connectivity index (χ0n) is 20.9. The molecule has 1 N–H and O–H groups in total. The predicted molar refractivity (Wildman–Crippen MR) is 144 cm³/mol. The molecule has 0 bridgehead atoms. The predicted octanol–water partition coefficient (Wildman–Crippen LogP) is 4.21. The first-order valence-electron chi connectivity index (χ1n) is 11.3. The lowest BCUT2D eigenvalue weighted by atomic mass is 10.2. The molecule has 0 saturated heterocycles. The van der Waals surface area contributed by atoms with Crippen LogP contribution in [-0.4, -0.2) is 49.7 Å². The summed E-state index contributed by atoms with van der Waals surface area (Å²) in [5, 5.41) is 3.64. The molecule has 0 aliphatic heterocycles. The highest BCUT2D eigenvalue weighted by molar-refractivity contribution is 7.99. The second-order valence-corrected chi connectivity index (χ2v) is 8.87. The molecule has 0 aliphatic rings. The third kappa shape index (κ3) is 5.97. The Balaban J connectivity index is 1.66. The van der Waals surface area contributed by atoms with Crippen LogP contribution in [0, 0.1) is 0 Å². The number of aromatic nitrogens is 2. The highest BCUT2D eigenvalue weighted by atomic mass is 32.2. The Morgan fingerprint density at radius 2 is 1.46 bits per heavy atom. The Morgan fingerprint density at radius 3 is 2.05 bits per heavy atom. The molecule has 4 aromatic rings. The minimum atomic E-state index is -0.250. The molecule has 37 heavy (non-hydrogen) atoms. The van der Waals surface area contributed by atoms with Crippen molar-refractivity contribution in [1.29, 1.82) is 0 Å². The maximum Gasteiger partial charge on any atom is 0.262 e. The summed E-state index contributed by atoms with van der Waals surface area (Å²) in [7, 11) is 6.21. The van der Waals surface area contributed by atoms with Crippen LogP contribution >= 0.6 is 11.8 Å². The van der Waals surface area contributed by atoms with Crippen molar-refractivity contribution in [1.82, 2.24) is 9.55 Å². The second-order valence-electron chi connectivity index (χ2n) is 7.92. The Labute approximate surface area is 218 Å².